The van der Waals surface area contributed by atoms with Crippen LogP contribution in [0.2, 0.25) is 0 Å². The molecule has 1 amide bonds. The largest absolute Gasteiger partial charge is 0.469 e. The van der Waals surface area contributed by atoms with Gasteiger partial charge >= 0.3 is 7.82 Å². The number of carbonyl (C=O) groups excluding carboxylic acids is 1. The van der Waals surface area contributed by atoms with Crippen molar-refractivity contribution in [2.45, 2.75) is 33.1 Å². The van der Waals surface area contributed by atoms with Crippen LogP contribution < -0.4 is 11.1 Å². The quantitative estimate of drug-likeness (QED) is 0.160. The molecule has 0 aliphatic heterocycles. The third-order valence-corrected chi connectivity index (χ3v) is 4.91. The molecule has 0 saturated heterocycles. The van der Waals surface area contributed by atoms with Crippen LogP contribution in [-0.2, 0) is 34.8 Å². The van der Waals surface area contributed by atoms with E-state index in [9.17, 15) is 9.36 Å². The third-order valence-electron chi connectivity index (χ3n) is 4.42. The van der Waals surface area contributed by atoms with Gasteiger partial charge in [-0.25, -0.2) is 14.5 Å². The van der Waals surface area contributed by atoms with E-state index in [1.807, 2.05) is 6.92 Å². The number of hydrogen-bond acceptors (Lipinski definition) is 9. The first-order valence-electron chi connectivity index (χ1n) is 10.6. The SMILES string of the molecule is CCOCCOCC(=O)NCC#Cc1cn(CO[C@@H](CC)COP(=O)(O)O)c2ncnc(N)c12. The maximum atomic E-state index is 11.8. The Balaban J connectivity index is 2.00. The molecule has 0 bridgehead atoms. The van der Waals surface area contributed by atoms with Gasteiger partial charge in [0, 0.05) is 12.8 Å². The van der Waals surface area contributed by atoms with Crippen molar-refractivity contribution in [3.8, 4) is 11.8 Å². The molecule has 2 rings (SSSR count). The molecule has 34 heavy (non-hydrogen) atoms. The third kappa shape index (κ3) is 9.36. The number of fused-ring (bicyclic) bond motifs is 1. The molecule has 0 aromatic carbocycles. The molecule has 0 spiro atoms. The molecule has 0 aliphatic carbocycles. The lowest BCUT2D eigenvalue weighted by atomic mass is 10.2. The Bertz CT molecular complexity index is 1040. The van der Waals surface area contributed by atoms with Crippen LogP contribution in [0.3, 0.4) is 0 Å². The average molecular weight is 499 g/mol. The van der Waals surface area contributed by atoms with Crippen molar-refractivity contribution in [1.29, 1.82) is 0 Å². The minimum atomic E-state index is -4.59. The zero-order valence-corrected chi connectivity index (χ0v) is 20.0. The van der Waals surface area contributed by atoms with Crippen LogP contribution in [0.1, 0.15) is 25.8 Å². The predicted molar refractivity (Wildman–Crippen MR) is 122 cm³/mol. The molecule has 0 fully saturated rings. The van der Waals surface area contributed by atoms with Crippen molar-refractivity contribution in [3.63, 3.8) is 0 Å². The molecular formula is C20H30N5O8P. The lowest BCUT2D eigenvalue weighted by Gasteiger charge is -2.17. The van der Waals surface area contributed by atoms with Crippen LogP contribution in [0.5, 0.6) is 0 Å². The van der Waals surface area contributed by atoms with E-state index in [0.717, 1.165) is 0 Å². The van der Waals surface area contributed by atoms with Gasteiger partial charge in [0.15, 0.2) is 0 Å². The molecule has 0 aliphatic rings. The molecule has 188 valence electrons. The molecular weight excluding hydrogens is 469 g/mol. The number of nitrogens with two attached hydrogens (primary N) is 1. The molecule has 0 saturated carbocycles. The first-order chi connectivity index (χ1) is 16.2. The van der Waals surface area contributed by atoms with Crippen LogP contribution >= 0.6 is 7.82 Å². The number of amides is 1. The number of phosphoric ester groups is 1. The Labute approximate surface area is 197 Å². The van der Waals surface area contributed by atoms with Gasteiger partial charge in [-0.05, 0) is 13.3 Å². The lowest BCUT2D eigenvalue weighted by molar-refractivity contribution is -0.125. The van der Waals surface area contributed by atoms with E-state index in [1.54, 1.807) is 17.7 Å². The summed E-state index contributed by atoms with van der Waals surface area (Å²) in [5.74, 6) is 5.73. The minimum Gasteiger partial charge on any atom is -0.383 e. The van der Waals surface area contributed by atoms with Crippen LogP contribution in [0.25, 0.3) is 11.0 Å². The molecule has 13 nitrogen and oxygen atoms in total. The highest BCUT2D eigenvalue weighted by molar-refractivity contribution is 7.46. The van der Waals surface area contributed by atoms with Crippen molar-refractivity contribution in [3.05, 3.63) is 18.1 Å². The number of phosphoric acid groups is 1. The van der Waals surface area contributed by atoms with Gasteiger partial charge in [-0.15, -0.1) is 0 Å². The summed E-state index contributed by atoms with van der Waals surface area (Å²) in [6.07, 6.45) is 2.91. The van der Waals surface area contributed by atoms with Crippen LogP contribution in [0.15, 0.2) is 12.5 Å². The van der Waals surface area contributed by atoms with Crippen molar-refractivity contribution in [1.82, 2.24) is 19.9 Å². The van der Waals surface area contributed by atoms with E-state index in [1.165, 1.54) is 6.33 Å². The molecule has 1 atom stereocenters. The molecule has 14 heteroatoms. The van der Waals surface area contributed by atoms with E-state index in [-0.39, 0.29) is 38.2 Å². The molecule has 2 aromatic rings. The number of nitrogens with one attached hydrogen (secondary N) is 1. The smallest absolute Gasteiger partial charge is 0.383 e. The van der Waals surface area contributed by atoms with Gasteiger partial charge in [0.2, 0.25) is 5.91 Å². The number of hydrogen-bond donors (Lipinski definition) is 4. The van der Waals surface area contributed by atoms with Crippen LogP contribution in [0, 0.1) is 11.8 Å². The van der Waals surface area contributed by atoms with Crippen molar-refractivity contribution in [2.75, 3.05) is 45.3 Å². The normalized spacial score (nSPS) is 12.4. The fourth-order valence-electron chi connectivity index (χ4n) is 2.75. The zero-order valence-electron chi connectivity index (χ0n) is 19.1. The monoisotopic (exact) mass is 499 g/mol. The van der Waals surface area contributed by atoms with Gasteiger partial charge in [-0.2, -0.15) is 0 Å². The van der Waals surface area contributed by atoms with Crippen molar-refractivity contribution < 1.29 is 37.9 Å². The second kappa shape index (κ2) is 14.0. The average Bonchev–Trinajstić information content (AvgIpc) is 3.15. The fourth-order valence-corrected chi connectivity index (χ4v) is 3.11. The van der Waals surface area contributed by atoms with Crippen molar-refractivity contribution >= 4 is 30.6 Å². The first-order valence-corrected chi connectivity index (χ1v) is 12.1. The Morgan fingerprint density at radius 1 is 1.29 bits per heavy atom. The van der Waals surface area contributed by atoms with E-state index in [2.05, 4.69) is 31.6 Å². The lowest BCUT2D eigenvalue weighted by Crippen LogP contribution is -2.28. The fraction of sp³-hybridized carbons (Fsp3) is 0.550. The van der Waals surface area contributed by atoms with E-state index in [0.29, 0.717) is 42.8 Å². The van der Waals surface area contributed by atoms with Gasteiger partial charge in [0.05, 0.1) is 43.4 Å². The second-order valence-corrected chi connectivity index (χ2v) is 8.15. The summed E-state index contributed by atoms with van der Waals surface area (Å²) in [5.41, 5.74) is 7.03. The Morgan fingerprint density at radius 2 is 2.06 bits per heavy atom. The van der Waals surface area contributed by atoms with Gasteiger partial charge in [0.1, 0.15) is 31.1 Å². The van der Waals surface area contributed by atoms with E-state index >= 15 is 0 Å². The minimum absolute atomic E-state index is 0.0213. The van der Waals surface area contributed by atoms with Crippen LogP contribution in [-0.4, -0.2) is 75.9 Å². The zero-order chi connectivity index (χ0) is 25.0. The van der Waals surface area contributed by atoms with E-state index in [4.69, 9.17) is 29.7 Å². The highest BCUT2D eigenvalue weighted by atomic mass is 31.2. The van der Waals surface area contributed by atoms with Gasteiger partial charge in [-0.3, -0.25) is 9.32 Å². The van der Waals surface area contributed by atoms with Crippen LogP contribution in [0.4, 0.5) is 5.82 Å². The molecule has 2 aromatic heterocycles. The highest BCUT2D eigenvalue weighted by Gasteiger charge is 2.19. The summed E-state index contributed by atoms with van der Waals surface area (Å²) in [7, 11) is -4.59. The van der Waals surface area contributed by atoms with Gasteiger partial charge < -0.3 is 39.6 Å². The Hall–Kier alpha value is -2.56. The summed E-state index contributed by atoms with van der Waals surface area (Å²) >= 11 is 0. The molecule has 5 N–H and O–H groups in total. The summed E-state index contributed by atoms with van der Waals surface area (Å²) in [4.78, 5) is 37.8. The standard InChI is InChI=1S/C20H30N5O8P/c1-3-16(11-33-34(27,28)29)32-14-25-10-15(18-19(21)23-13-24-20(18)25)6-5-7-22-17(26)12-31-9-8-30-4-2/h10,13,16H,3-4,7-9,11-12,14H2,1-2H3,(H,22,26)(H2,21,23,24)(H2,27,28,29)/t16-/m0/s1. The van der Waals surface area contributed by atoms with E-state index < -0.39 is 13.9 Å². The second-order valence-electron chi connectivity index (χ2n) is 6.91. The maximum Gasteiger partial charge on any atom is 0.469 e. The summed E-state index contributed by atoms with van der Waals surface area (Å²) in [6, 6.07) is 0. The Morgan fingerprint density at radius 3 is 2.76 bits per heavy atom. The first kappa shape index (κ1) is 27.7. The molecule has 0 unspecified atom stereocenters. The predicted octanol–water partition coefficient (Wildman–Crippen LogP) is 0.396. The highest BCUT2D eigenvalue weighted by Crippen LogP contribution is 2.36. The number of anilines is 1. The number of aromatic nitrogens is 3. The number of ether oxygens (including phenoxy) is 3. The number of nitrogen functional groups attached to an aromatic ring is 1. The summed E-state index contributed by atoms with van der Waals surface area (Å²) < 4.78 is 33.1. The number of rotatable bonds is 14. The van der Waals surface area contributed by atoms with Gasteiger partial charge in [-0.1, -0.05) is 18.8 Å². The Kier molecular flexibility index (Phi) is 11.4. The number of carbonyl (C=O) groups is 1. The molecule has 2 heterocycles. The van der Waals surface area contributed by atoms with Crippen molar-refractivity contribution in [2.24, 2.45) is 0 Å². The summed E-state index contributed by atoms with van der Waals surface area (Å²) in [6.45, 7) is 4.80. The number of nitrogens with zero attached hydrogens (tertiary/aromatic N) is 3. The molecule has 0 radical (unpaired) electrons. The topological polar surface area (TPSA) is 180 Å². The van der Waals surface area contributed by atoms with Gasteiger partial charge in [0.25, 0.3) is 0 Å². The summed E-state index contributed by atoms with van der Waals surface area (Å²) in [5, 5.41) is 3.17. The maximum absolute atomic E-state index is 11.8.